The summed E-state index contributed by atoms with van der Waals surface area (Å²) in [7, 11) is 0. The molecule has 0 spiro atoms. The van der Waals surface area contributed by atoms with Crippen molar-refractivity contribution in [1.82, 2.24) is 0 Å². The summed E-state index contributed by atoms with van der Waals surface area (Å²) < 4.78 is 17.6. The average Bonchev–Trinajstić information content (AvgIpc) is 2.56. The lowest BCUT2D eigenvalue weighted by atomic mass is 10.3. The highest BCUT2D eigenvalue weighted by atomic mass is 32.2. The van der Waals surface area contributed by atoms with E-state index in [1.54, 1.807) is 11.8 Å². The fraction of sp³-hybridized carbons (Fsp3) is 0.176. The quantitative estimate of drug-likeness (QED) is 0.622. The summed E-state index contributed by atoms with van der Waals surface area (Å²) in [4.78, 5) is 24.3. The Morgan fingerprint density at radius 1 is 1.04 bits per heavy atom. The first kappa shape index (κ1) is 17.0. The Labute approximate surface area is 138 Å². The third kappa shape index (κ3) is 6.52. The molecule has 0 saturated heterocycles. The molecule has 120 valence electrons. The summed E-state index contributed by atoms with van der Waals surface area (Å²) in [5.74, 6) is -0.684. The SMILES string of the molecule is O=C(COC(=O)CCSc1ccccc1)Nc1ccc(F)cc1. The maximum Gasteiger partial charge on any atom is 0.307 e. The fourth-order valence-electron chi connectivity index (χ4n) is 1.72. The number of carbonyl (C=O) groups is 2. The number of anilines is 1. The zero-order valence-corrected chi connectivity index (χ0v) is 13.1. The molecule has 6 heteroatoms. The monoisotopic (exact) mass is 333 g/mol. The Morgan fingerprint density at radius 3 is 2.43 bits per heavy atom. The number of benzene rings is 2. The van der Waals surface area contributed by atoms with Crippen molar-refractivity contribution in [1.29, 1.82) is 0 Å². The minimum absolute atomic E-state index is 0.226. The molecule has 0 bridgehead atoms. The average molecular weight is 333 g/mol. The van der Waals surface area contributed by atoms with E-state index in [1.165, 1.54) is 24.3 Å². The van der Waals surface area contributed by atoms with Gasteiger partial charge in [0.05, 0.1) is 6.42 Å². The number of rotatable bonds is 7. The number of ether oxygens (including phenoxy) is 1. The highest BCUT2D eigenvalue weighted by molar-refractivity contribution is 7.99. The topological polar surface area (TPSA) is 55.4 Å². The molecule has 0 saturated carbocycles. The van der Waals surface area contributed by atoms with Crippen LogP contribution in [0.4, 0.5) is 10.1 Å². The highest BCUT2D eigenvalue weighted by Gasteiger charge is 2.08. The molecular weight excluding hydrogens is 317 g/mol. The number of amides is 1. The van der Waals surface area contributed by atoms with E-state index >= 15 is 0 Å². The molecule has 0 aliphatic rings. The van der Waals surface area contributed by atoms with Gasteiger partial charge in [-0.15, -0.1) is 11.8 Å². The minimum Gasteiger partial charge on any atom is -0.456 e. The third-order valence-electron chi connectivity index (χ3n) is 2.81. The lowest BCUT2D eigenvalue weighted by Gasteiger charge is -2.06. The Bertz CT molecular complexity index is 647. The molecule has 4 nitrogen and oxygen atoms in total. The largest absolute Gasteiger partial charge is 0.456 e. The van der Waals surface area contributed by atoms with Gasteiger partial charge in [0.1, 0.15) is 5.82 Å². The van der Waals surface area contributed by atoms with E-state index in [0.717, 1.165) is 4.90 Å². The Morgan fingerprint density at radius 2 is 1.74 bits per heavy atom. The predicted octanol–water partition coefficient (Wildman–Crippen LogP) is 3.49. The summed E-state index contributed by atoms with van der Waals surface area (Å²) in [6.45, 7) is -0.355. The van der Waals surface area contributed by atoms with E-state index in [0.29, 0.717) is 11.4 Å². The number of thioether (sulfide) groups is 1. The van der Waals surface area contributed by atoms with Crippen LogP contribution in [0.15, 0.2) is 59.5 Å². The van der Waals surface area contributed by atoms with E-state index in [9.17, 15) is 14.0 Å². The number of hydrogen-bond donors (Lipinski definition) is 1. The first-order chi connectivity index (χ1) is 11.1. The number of halogens is 1. The van der Waals surface area contributed by atoms with Crippen LogP contribution in [0.5, 0.6) is 0 Å². The van der Waals surface area contributed by atoms with Crippen LogP contribution in [-0.4, -0.2) is 24.2 Å². The van der Waals surface area contributed by atoms with Crippen LogP contribution in [0.1, 0.15) is 6.42 Å². The van der Waals surface area contributed by atoms with Crippen LogP contribution in [0.2, 0.25) is 0 Å². The van der Waals surface area contributed by atoms with Crippen LogP contribution in [0, 0.1) is 5.82 Å². The molecule has 0 aliphatic carbocycles. The molecule has 1 amide bonds. The number of carbonyl (C=O) groups excluding carboxylic acids is 2. The molecule has 2 rings (SSSR count). The van der Waals surface area contributed by atoms with Crippen molar-refractivity contribution in [3.05, 3.63) is 60.4 Å². The summed E-state index contributed by atoms with van der Waals surface area (Å²) in [5.41, 5.74) is 0.451. The Balaban J connectivity index is 1.63. The molecule has 0 aromatic heterocycles. The predicted molar refractivity (Wildman–Crippen MR) is 87.8 cm³/mol. The molecule has 0 fully saturated rings. The maximum absolute atomic E-state index is 12.7. The zero-order chi connectivity index (χ0) is 16.5. The maximum atomic E-state index is 12.7. The zero-order valence-electron chi connectivity index (χ0n) is 12.3. The van der Waals surface area contributed by atoms with Gasteiger partial charge in [0.15, 0.2) is 6.61 Å². The molecule has 0 heterocycles. The van der Waals surface area contributed by atoms with Gasteiger partial charge in [-0.05, 0) is 36.4 Å². The summed E-state index contributed by atoms with van der Waals surface area (Å²) in [5, 5.41) is 2.52. The Hall–Kier alpha value is -2.34. The molecule has 0 atom stereocenters. The van der Waals surface area contributed by atoms with E-state index in [-0.39, 0.29) is 18.8 Å². The van der Waals surface area contributed by atoms with Crippen LogP contribution in [0.25, 0.3) is 0 Å². The van der Waals surface area contributed by atoms with Gasteiger partial charge < -0.3 is 10.1 Å². The fourth-order valence-corrected chi connectivity index (χ4v) is 2.57. The smallest absolute Gasteiger partial charge is 0.307 e. The first-order valence-corrected chi connectivity index (χ1v) is 8.01. The van der Waals surface area contributed by atoms with Crippen LogP contribution >= 0.6 is 11.8 Å². The van der Waals surface area contributed by atoms with Gasteiger partial charge in [0.2, 0.25) is 0 Å². The Kier molecular flexibility index (Phi) is 6.62. The van der Waals surface area contributed by atoms with Gasteiger partial charge in [0.25, 0.3) is 5.91 Å². The van der Waals surface area contributed by atoms with E-state index in [1.807, 2.05) is 30.3 Å². The molecular formula is C17H16FNO3S. The van der Waals surface area contributed by atoms with Crippen LogP contribution < -0.4 is 5.32 Å². The number of esters is 1. The van der Waals surface area contributed by atoms with Crippen molar-refractivity contribution >= 4 is 29.3 Å². The standard InChI is InChI=1S/C17H16FNO3S/c18-13-6-8-14(9-7-13)19-16(20)12-22-17(21)10-11-23-15-4-2-1-3-5-15/h1-9H,10-12H2,(H,19,20). The van der Waals surface area contributed by atoms with Gasteiger partial charge in [-0.25, -0.2) is 4.39 Å². The second kappa shape index (κ2) is 8.95. The van der Waals surface area contributed by atoms with Crippen LogP contribution in [-0.2, 0) is 14.3 Å². The van der Waals surface area contributed by atoms with E-state index in [4.69, 9.17) is 4.74 Å². The molecule has 0 radical (unpaired) electrons. The van der Waals surface area contributed by atoms with Crippen molar-refractivity contribution in [2.45, 2.75) is 11.3 Å². The molecule has 2 aromatic rings. The van der Waals surface area contributed by atoms with Crippen molar-refractivity contribution in [3.8, 4) is 0 Å². The lowest BCUT2D eigenvalue weighted by molar-refractivity contribution is -0.146. The summed E-state index contributed by atoms with van der Waals surface area (Å²) in [6.07, 6.45) is 0.226. The van der Waals surface area contributed by atoms with Gasteiger partial charge in [-0.1, -0.05) is 18.2 Å². The van der Waals surface area contributed by atoms with E-state index in [2.05, 4.69) is 5.32 Å². The van der Waals surface area contributed by atoms with Crippen molar-refractivity contribution in [3.63, 3.8) is 0 Å². The number of hydrogen-bond acceptors (Lipinski definition) is 4. The van der Waals surface area contributed by atoms with Crippen molar-refractivity contribution in [2.75, 3.05) is 17.7 Å². The lowest BCUT2D eigenvalue weighted by Crippen LogP contribution is -2.21. The first-order valence-electron chi connectivity index (χ1n) is 7.02. The second-order valence-corrected chi connectivity index (χ2v) is 5.80. The van der Waals surface area contributed by atoms with Gasteiger partial charge >= 0.3 is 5.97 Å². The van der Waals surface area contributed by atoms with Crippen molar-refractivity contribution in [2.24, 2.45) is 0 Å². The summed E-state index contributed by atoms with van der Waals surface area (Å²) >= 11 is 1.55. The van der Waals surface area contributed by atoms with Gasteiger partial charge in [-0.2, -0.15) is 0 Å². The summed E-state index contributed by atoms with van der Waals surface area (Å²) in [6, 6.07) is 15.1. The molecule has 1 N–H and O–H groups in total. The molecule has 23 heavy (non-hydrogen) atoms. The minimum atomic E-state index is -0.458. The van der Waals surface area contributed by atoms with Gasteiger partial charge in [-0.3, -0.25) is 9.59 Å². The van der Waals surface area contributed by atoms with E-state index < -0.39 is 11.9 Å². The normalized spacial score (nSPS) is 10.1. The molecule has 0 unspecified atom stereocenters. The number of nitrogens with one attached hydrogen (secondary N) is 1. The third-order valence-corrected chi connectivity index (χ3v) is 3.82. The van der Waals surface area contributed by atoms with Gasteiger partial charge in [0, 0.05) is 16.3 Å². The van der Waals surface area contributed by atoms with Crippen molar-refractivity contribution < 1.29 is 18.7 Å². The highest BCUT2D eigenvalue weighted by Crippen LogP contribution is 2.17. The van der Waals surface area contributed by atoms with Crippen LogP contribution in [0.3, 0.4) is 0 Å². The molecule has 2 aromatic carbocycles. The molecule has 0 aliphatic heterocycles. The second-order valence-electron chi connectivity index (χ2n) is 4.63.